The summed E-state index contributed by atoms with van der Waals surface area (Å²) in [5.74, 6) is 0. The Bertz CT molecular complexity index is 1960. The fourth-order valence-corrected chi connectivity index (χ4v) is 6.50. The van der Waals surface area contributed by atoms with Crippen LogP contribution in [0.25, 0.3) is 22.5 Å². The van der Waals surface area contributed by atoms with E-state index in [4.69, 9.17) is 20.0 Å². The molecule has 5 heterocycles. The van der Waals surface area contributed by atoms with Gasteiger partial charge in [0.1, 0.15) is 0 Å². The number of rotatable bonds is 2. The topological polar surface area (TPSA) is 52.9 Å². The van der Waals surface area contributed by atoms with Crippen LogP contribution >= 0.6 is 0 Å². The van der Waals surface area contributed by atoms with E-state index in [0.29, 0.717) is 0 Å². The van der Waals surface area contributed by atoms with Gasteiger partial charge in [0.25, 0.3) is 0 Å². The van der Waals surface area contributed by atoms with Crippen LogP contribution in [0.4, 0.5) is 0 Å². The zero-order chi connectivity index (χ0) is 27.7. The minimum Gasteiger partial charge on any atom is -0.656 e. The molecule has 0 saturated carbocycles. The van der Waals surface area contributed by atoms with Crippen molar-refractivity contribution >= 4 is 34.0 Å². The van der Waals surface area contributed by atoms with Crippen molar-refractivity contribution in [1.82, 2.24) is 9.97 Å². The van der Waals surface area contributed by atoms with Gasteiger partial charge in [-0.3, -0.25) is 0 Å². The molecule has 8 bridgehead atoms. The van der Waals surface area contributed by atoms with E-state index in [2.05, 4.69) is 114 Å². The molecule has 0 saturated heterocycles. The number of hydrogen-bond acceptors (Lipinski definition) is 2. The van der Waals surface area contributed by atoms with Gasteiger partial charge in [-0.2, -0.15) is 0 Å². The van der Waals surface area contributed by atoms with Crippen molar-refractivity contribution in [1.29, 1.82) is 0 Å². The van der Waals surface area contributed by atoms with Crippen LogP contribution in [0.15, 0.2) is 82.8 Å². The smallest absolute Gasteiger partial charge is 0.656 e. The van der Waals surface area contributed by atoms with Crippen molar-refractivity contribution in [3.8, 4) is 0 Å². The summed E-state index contributed by atoms with van der Waals surface area (Å²) in [5.41, 5.74) is 15.3. The Morgan fingerprint density at radius 3 is 1.17 bits per heavy atom. The number of nitrogens with zero attached hydrogens (tertiary/aromatic N) is 4. The maximum atomic E-state index is 5.14. The van der Waals surface area contributed by atoms with Crippen molar-refractivity contribution in [2.75, 3.05) is 0 Å². The molecule has 2 aromatic heterocycles. The second-order valence-corrected chi connectivity index (χ2v) is 11.2. The summed E-state index contributed by atoms with van der Waals surface area (Å²) in [6, 6.07) is 17.3. The number of aromatic nitrogens is 2. The van der Waals surface area contributed by atoms with E-state index in [1.807, 2.05) is 0 Å². The molecule has 3 aliphatic heterocycles. The molecule has 3 aliphatic rings. The monoisotopic (exact) mass is 576 g/mol. The summed E-state index contributed by atoms with van der Waals surface area (Å²) in [5, 5.41) is 3.53. The molecule has 4 aromatic rings. The molecule has 5 heteroatoms. The van der Waals surface area contributed by atoms with E-state index in [-0.39, 0.29) is 16.5 Å². The SMILES string of the molecule is Cc1cc(C)c(C2=c3ccc([n-]3)=C3C=CC(=N3)C(c3c(C)cc(C)cc3C)=c3ccc([n-]3)=C3C=CC2=N3)c(C)c1.[Ni+2]. The van der Waals surface area contributed by atoms with Crippen LogP contribution in [0.3, 0.4) is 0 Å². The Kier molecular flexibility index (Phi) is 6.59. The van der Waals surface area contributed by atoms with Crippen LogP contribution in [0, 0.1) is 41.5 Å². The van der Waals surface area contributed by atoms with Gasteiger partial charge in [-0.05, 0) is 110 Å². The van der Waals surface area contributed by atoms with Gasteiger partial charge in [-0.1, -0.05) is 59.7 Å². The van der Waals surface area contributed by atoms with Gasteiger partial charge >= 0.3 is 16.5 Å². The third-order valence-electron chi connectivity index (χ3n) is 7.96. The van der Waals surface area contributed by atoms with Crippen molar-refractivity contribution in [3.63, 3.8) is 0 Å². The fraction of sp³-hybridized carbons (Fsp3) is 0.167. The number of hydrogen-bond donors (Lipinski definition) is 0. The summed E-state index contributed by atoms with van der Waals surface area (Å²) < 4.78 is 0. The molecule has 2 aromatic carbocycles. The first-order valence-corrected chi connectivity index (χ1v) is 13.7. The zero-order valence-corrected chi connectivity index (χ0v) is 25.0. The minimum atomic E-state index is 0. The van der Waals surface area contributed by atoms with Crippen LogP contribution < -0.4 is 31.4 Å². The van der Waals surface area contributed by atoms with Crippen LogP contribution in [0.2, 0.25) is 0 Å². The predicted octanol–water partition coefficient (Wildman–Crippen LogP) is 3.80. The van der Waals surface area contributed by atoms with Crippen LogP contribution in [-0.4, -0.2) is 11.4 Å². The maximum absolute atomic E-state index is 5.14. The van der Waals surface area contributed by atoms with Gasteiger partial charge in [-0.15, -0.1) is 21.4 Å². The molecule has 0 radical (unpaired) electrons. The Labute approximate surface area is 250 Å². The number of aryl methyl sites for hydroxylation is 6. The standard InChI is InChI=1S/C36H30N4.Ni/c1-19-15-21(3)33(22(4)16-19)35-29-11-7-25(37-29)27-9-13-31(39-27)36(34-23(5)17-20(2)18-24(34)6)32-14-10-28(40-32)26-8-12-30(35)38-26;/h7-18H,1-6H3;/q-2;+2. The molecule has 4 nitrogen and oxygen atoms in total. The van der Waals surface area contributed by atoms with Crippen LogP contribution in [0.1, 0.15) is 44.5 Å². The first-order valence-electron chi connectivity index (χ1n) is 13.7. The van der Waals surface area contributed by atoms with Crippen molar-refractivity contribution < 1.29 is 16.5 Å². The Hall–Kier alpha value is -4.21. The van der Waals surface area contributed by atoms with E-state index in [9.17, 15) is 0 Å². The van der Waals surface area contributed by atoms with Gasteiger partial charge < -0.3 is 9.97 Å². The van der Waals surface area contributed by atoms with Crippen LogP contribution in [-0.2, 0) is 16.5 Å². The maximum Gasteiger partial charge on any atom is 2.00 e. The largest absolute Gasteiger partial charge is 2.00 e. The first kappa shape index (κ1) is 27.0. The molecular weight excluding hydrogens is 547 g/mol. The van der Waals surface area contributed by atoms with Gasteiger partial charge in [0.2, 0.25) is 0 Å². The second-order valence-electron chi connectivity index (χ2n) is 11.2. The van der Waals surface area contributed by atoms with E-state index >= 15 is 0 Å². The van der Waals surface area contributed by atoms with Crippen molar-refractivity contribution in [2.45, 2.75) is 41.5 Å². The molecule has 0 amide bonds. The second kappa shape index (κ2) is 10.0. The summed E-state index contributed by atoms with van der Waals surface area (Å²) in [7, 11) is 0. The van der Waals surface area contributed by atoms with Gasteiger partial charge in [0.15, 0.2) is 0 Å². The Balaban J connectivity index is 0.00000302. The first-order chi connectivity index (χ1) is 19.3. The summed E-state index contributed by atoms with van der Waals surface area (Å²) in [6.07, 6.45) is 8.35. The number of fused-ring (bicyclic) bond motifs is 6. The van der Waals surface area contributed by atoms with Gasteiger partial charge in [-0.25, -0.2) is 9.98 Å². The number of benzene rings is 2. The number of allylic oxidation sites excluding steroid dienone is 2. The van der Waals surface area contributed by atoms with Crippen molar-refractivity contribution in [3.05, 3.63) is 139 Å². The molecule has 0 fully saturated rings. The van der Waals surface area contributed by atoms with Crippen molar-refractivity contribution in [2.24, 2.45) is 9.98 Å². The van der Waals surface area contributed by atoms with Gasteiger partial charge in [0, 0.05) is 11.4 Å². The summed E-state index contributed by atoms with van der Waals surface area (Å²) >= 11 is 0. The molecule has 0 unspecified atom stereocenters. The van der Waals surface area contributed by atoms with Gasteiger partial charge in [0.05, 0.1) is 11.4 Å². The molecule has 0 N–H and O–H groups in total. The summed E-state index contributed by atoms with van der Waals surface area (Å²) in [6.45, 7) is 13.0. The fourth-order valence-electron chi connectivity index (χ4n) is 6.50. The average Bonchev–Trinajstić information content (AvgIpc) is 3.69. The zero-order valence-electron chi connectivity index (χ0n) is 24.0. The van der Waals surface area contributed by atoms with E-state index in [1.165, 1.54) is 44.5 Å². The Morgan fingerprint density at radius 1 is 0.463 bits per heavy atom. The van der Waals surface area contributed by atoms with E-state index < -0.39 is 0 Å². The van der Waals surface area contributed by atoms with E-state index in [1.54, 1.807) is 0 Å². The van der Waals surface area contributed by atoms with E-state index in [0.717, 1.165) is 55.4 Å². The molecule has 0 spiro atoms. The molecule has 0 aliphatic carbocycles. The third kappa shape index (κ3) is 4.45. The molecule has 41 heavy (non-hydrogen) atoms. The molecule has 204 valence electrons. The number of aliphatic imine (C=N–C) groups is 2. The third-order valence-corrected chi connectivity index (χ3v) is 7.96. The Morgan fingerprint density at radius 2 is 0.805 bits per heavy atom. The summed E-state index contributed by atoms with van der Waals surface area (Å²) in [4.78, 5) is 20.5. The molecule has 7 rings (SSSR count). The molecular formula is C36H30N4Ni. The molecule has 0 atom stereocenters. The minimum absolute atomic E-state index is 0. The predicted molar refractivity (Wildman–Crippen MR) is 164 cm³/mol. The average molecular weight is 577 g/mol. The normalized spacial score (nSPS) is 15.3. The van der Waals surface area contributed by atoms with Crippen LogP contribution in [0.5, 0.6) is 0 Å². The quantitative estimate of drug-likeness (QED) is 0.341.